The number of nitrogens with zero attached hydrogens (tertiary/aromatic N) is 2. The van der Waals surface area contributed by atoms with Crippen LogP contribution in [-0.2, 0) is 23.8 Å². The van der Waals surface area contributed by atoms with Gasteiger partial charge in [-0.25, -0.2) is 0 Å². The average Bonchev–Trinajstić information content (AvgIpc) is 3.22. The zero-order valence-electron chi connectivity index (χ0n) is 18.9. The normalized spacial score (nSPS) is 16.4. The molecule has 0 atom stereocenters. The molecule has 0 bridgehead atoms. The minimum absolute atomic E-state index is 0.0270. The molecule has 0 aliphatic heterocycles. The first-order valence-corrected chi connectivity index (χ1v) is 12.1. The van der Waals surface area contributed by atoms with Gasteiger partial charge in [0.15, 0.2) is 0 Å². The number of anilines is 1. The van der Waals surface area contributed by atoms with Crippen molar-refractivity contribution >= 4 is 22.4 Å². The molecular weight excluding hydrogens is 459 g/mol. The van der Waals surface area contributed by atoms with Gasteiger partial charge < -0.3 is 5.32 Å². The fourth-order valence-corrected chi connectivity index (χ4v) is 4.80. The number of benzene rings is 1. The zero-order valence-corrected chi connectivity index (χ0v) is 19.7. The summed E-state index contributed by atoms with van der Waals surface area (Å²) in [6, 6.07) is 12.5. The van der Waals surface area contributed by atoms with Crippen molar-refractivity contribution in [2.75, 3.05) is 5.32 Å². The van der Waals surface area contributed by atoms with Crippen molar-refractivity contribution < 1.29 is 18.0 Å². The van der Waals surface area contributed by atoms with Crippen LogP contribution < -0.4 is 5.32 Å². The highest BCUT2D eigenvalue weighted by atomic mass is 32.1. The fraction of sp³-hybridized carbons (Fsp3) is 0.346. The Kier molecular flexibility index (Phi) is 7.46. The number of carbonyl (C=O) groups excluding carboxylic acids is 1. The highest BCUT2D eigenvalue weighted by molar-refractivity contribution is 7.10. The minimum atomic E-state index is -4.37. The molecule has 1 fully saturated rings. The monoisotopic (exact) mass is 485 g/mol. The Hall–Kier alpha value is -3.00. The van der Waals surface area contributed by atoms with Crippen LogP contribution in [0.15, 0.2) is 60.3 Å². The van der Waals surface area contributed by atoms with E-state index in [-0.39, 0.29) is 11.8 Å². The number of hydrogen-bond acceptors (Lipinski definition) is 4. The van der Waals surface area contributed by atoms with E-state index in [9.17, 15) is 18.0 Å². The van der Waals surface area contributed by atoms with Crippen LogP contribution in [0.4, 0.5) is 18.2 Å². The first kappa shape index (κ1) is 24.1. The Balaban J connectivity index is 1.29. The highest BCUT2D eigenvalue weighted by Crippen LogP contribution is 2.31. The molecule has 0 unspecified atom stereocenters. The Labute approximate surface area is 201 Å². The van der Waals surface area contributed by atoms with Crippen LogP contribution in [0.5, 0.6) is 0 Å². The maximum Gasteiger partial charge on any atom is 0.417 e. The second kappa shape index (κ2) is 10.5. The van der Waals surface area contributed by atoms with Crippen LogP contribution in [-0.4, -0.2) is 15.3 Å². The Morgan fingerprint density at radius 3 is 2.56 bits per heavy atom. The summed E-state index contributed by atoms with van der Waals surface area (Å²) in [6.07, 6.45) is 3.55. The van der Waals surface area contributed by atoms with Gasteiger partial charge in [0.2, 0.25) is 5.91 Å². The van der Waals surface area contributed by atoms with Gasteiger partial charge in [-0.3, -0.25) is 9.78 Å². The molecule has 1 aromatic carbocycles. The number of nitrogens with one attached hydrogen (secondary N) is 1. The van der Waals surface area contributed by atoms with Gasteiger partial charge in [-0.2, -0.15) is 17.5 Å². The van der Waals surface area contributed by atoms with E-state index in [4.69, 9.17) is 0 Å². The molecule has 2 aromatic heterocycles. The number of carbonyl (C=O) groups is 1. The summed E-state index contributed by atoms with van der Waals surface area (Å²) in [5.74, 6) is 0.103. The van der Waals surface area contributed by atoms with Gasteiger partial charge in [-0.1, -0.05) is 35.9 Å². The van der Waals surface area contributed by atoms with Crippen LogP contribution in [0.1, 0.15) is 53.8 Å². The summed E-state index contributed by atoms with van der Waals surface area (Å²) >= 11 is 1.31. The van der Waals surface area contributed by atoms with Crippen molar-refractivity contribution in [1.82, 2.24) is 9.36 Å². The van der Waals surface area contributed by atoms with E-state index in [0.717, 1.165) is 66.2 Å². The summed E-state index contributed by atoms with van der Waals surface area (Å²) < 4.78 is 42.4. The minimum Gasteiger partial charge on any atom is -0.316 e. The van der Waals surface area contributed by atoms with Gasteiger partial charge >= 0.3 is 6.18 Å². The van der Waals surface area contributed by atoms with Crippen LogP contribution in [0, 0.1) is 12.8 Å². The first-order valence-electron chi connectivity index (χ1n) is 11.3. The van der Waals surface area contributed by atoms with Crippen molar-refractivity contribution in [2.45, 2.75) is 51.6 Å². The van der Waals surface area contributed by atoms with E-state index in [2.05, 4.69) is 32.9 Å². The molecule has 1 amide bonds. The van der Waals surface area contributed by atoms with Crippen LogP contribution >= 0.6 is 11.5 Å². The molecule has 4 nitrogen and oxygen atoms in total. The lowest BCUT2D eigenvalue weighted by atomic mass is 9.84. The number of allylic oxidation sites excluding steroid dienone is 2. The largest absolute Gasteiger partial charge is 0.417 e. The summed E-state index contributed by atoms with van der Waals surface area (Å²) in [7, 11) is 0. The van der Waals surface area contributed by atoms with Gasteiger partial charge in [0, 0.05) is 24.2 Å². The van der Waals surface area contributed by atoms with E-state index < -0.39 is 11.7 Å². The molecule has 1 saturated carbocycles. The summed E-state index contributed by atoms with van der Waals surface area (Å²) in [6.45, 7) is 1.91. The Morgan fingerprint density at radius 1 is 1.15 bits per heavy atom. The molecule has 8 heteroatoms. The van der Waals surface area contributed by atoms with Crippen molar-refractivity contribution in [1.29, 1.82) is 0 Å². The van der Waals surface area contributed by atoms with Gasteiger partial charge in [0.05, 0.1) is 11.3 Å². The van der Waals surface area contributed by atoms with Gasteiger partial charge in [-0.05, 0) is 79.9 Å². The third-order valence-corrected chi connectivity index (χ3v) is 6.82. The standard InChI is InChI=1S/C26H26F3N3OS/c1-17-13-24(34-32-17)31-25(33)21-9-7-18(8-10-21)5-6-19-3-2-4-20(14-19)15-23-12-11-22(16-30-23)26(27,28)29/h2-5,11-14,16,21H,6-10,15H2,1H3,(H,31,33). The predicted octanol–water partition coefficient (Wildman–Crippen LogP) is 6.75. The molecule has 2 heterocycles. The lowest BCUT2D eigenvalue weighted by Gasteiger charge is -2.23. The number of aromatic nitrogens is 2. The number of alkyl halides is 3. The molecule has 34 heavy (non-hydrogen) atoms. The quantitative estimate of drug-likeness (QED) is 0.393. The second-order valence-corrected chi connectivity index (χ2v) is 9.50. The predicted molar refractivity (Wildman–Crippen MR) is 128 cm³/mol. The van der Waals surface area contributed by atoms with Crippen LogP contribution in [0.25, 0.3) is 0 Å². The Bertz CT molecular complexity index is 1160. The van der Waals surface area contributed by atoms with Crippen molar-refractivity contribution in [3.63, 3.8) is 0 Å². The van der Waals surface area contributed by atoms with Crippen LogP contribution in [0.3, 0.4) is 0 Å². The van der Waals surface area contributed by atoms with Gasteiger partial charge in [0.1, 0.15) is 5.00 Å². The fourth-order valence-electron chi connectivity index (χ4n) is 4.14. The maximum absolute atomic E-state index is 12.7. The van der Waals surface area contributed by atoms with E-state index in [1.165, 1.54) is 23.2 Å². The average molecular weight is 486 g/mol. The van der Waals surface area contributed by atoms with Crippen molar-refractivity contribution in [3.8, 4) is 0 Å². The second-order valence-electron chi connectivity index (χ2n) is 8.70. The van der Waals surface area contributed by atoms with Crippen LogP contribution in [0.2, 0.25) is 0 Å². The van der Waals surface area contributed by atoms with E-state index in [1.807, 2.05) is 25.1 Å². The Morgan fingerprint density at radius 2 is 1.91 bits per heavy atom. The summed E-state index contributed by atoms with van der Waals surface area (Å²) in [5.41, 5.74) is 4.32. The number of rotatable bonds is 6. The van der Waals surface area contributed by atoms with Gasteiger partial charge in [0.25, 0.3) is 0 Å². The van der Waals surface area contributed by atoms with Crippen molar-refractivity contribution in [2.24, 2.45) is 5.92 Å². The highest BCUT2D eigenvalue weighted by Gasteiger charge is 2.30. The molecule has 4 rings (SSSR count). The molecule has 1 aliphatic carbocycles. The SMILES string of the molecule is Cc1cc(NC(=O)C2CCC(=CCc3cccc(Cc4ccc(C(F)(F)F)cn4)c3)CC2)sn1. The maximum atomic E-state index is 12.7. The smallest absolute Gasteiger partial charge is 0.316 e. The number of halogens is 3. The molecule has 0 radical (unpaired) electrons. The molecule has 178 valence electrons. The molecule has 1 aliphatic rings. The molecule has 0 spiro atoms. The third-order valence-electron chi connectivity index (χ3n) is 6.03. The topological polar surface area (TPSA) is 54.9 Å². The van der Waals surface area contributed by atoms with E-state index in [1.54, 1.807) is 0 Å². The summed E-state index contributed by atoms with van der Waals surface area (Å²) in [4.78, 5) is 16.5. The lowest BCUT2D eigenvalue weighted by Crippen LogP contribution is -2.24. The zero-order chi connectivity index (χ0) is 24.1. The van der Waals surface area contributed by atoms with E-state index in [0.29, 0.717) is 12.1 Å². The van der Waals surface area contributed by atoms with Gasteiger partial charge in [-0.15, -0.1) is 0 Å². The first-order chi connectivity index (χ1) is 16.3. The lowest BCUT2D eigenvalue weighted by molar-refractivity contribution is -0.137. The van der Waals surface area contributed by atoms with E-state index >= 15 is 0 Å². The summed E-state index contributed by atoms with van der Waals surface area (Å²) in [5, 5.41) is 3.78. The molecule has 3 aromatic rings. The number of amides is 1. The molecular formula is C26H26F3N3OS. The molecule has 1 N–H and O–H groups in total. The third kappa shape index (κ3) is 6.53. The number of pyridine rings is 1. The number of hydrogen-bond donors (Lipinski definition) is 1. The van der Waals surface area contributed by atoms with Crippen molar-refractivity contribution in [3.05, 3.63) is 88.4 Å². The molecule has 0 saturated heterocycles. The number of aryl methyl sites for hydroxylation is 1.